The van der Waals surface area contributed by atoms with E-state index in [1.165, 1.54) is 6.92 Å². The topological polar surface area (TPSA) is 92.3 Å². The van der Waals surface area contributed by atoms with Gasteiger partial charge in [-0.15, -0.1) is 0 Å². The van der Waals surface area contributed by atoms with Crippen LogP contribution in [0.15, 0.2) is 36.4 Å². The highest BCUT2D eigenvalue weighted by molar-refractivity contribution is 5.95. The van der Waals surface area contributed by atoms with E-state index in [1.54, 1.807) is 25.3 Å². The van der Waals surface area contributed by atoms with Crippen LogP contribution in [0.3, 0.4) is 0 Å². The summed E-state index contributed by atoms with van der Waals surface area (Å²) in [6, 6.07) is 10.8. The molecule has 1 fully saturated rings. The Morgan fingerprint density at radius 2 is 1.88 bits per heavy atom. The van der Waals surface area contributed by atoms with Gasteiger partial charge in [0, 0.05) is 24.4 Å². The van der Waals surface area contributed by atoms with Gasteiger partial charge in [0.25, 0.3) is 5.91 Å². The molecular formula is C25H29NO7. The molecule has 1 heterocycles. The monoisotopic (exact) mass is 455 g/mol. The summed E-state index contributed by atoms with van der Waals surface area (Å²) in [6.45, 7) is 3.99. The van der Waals surface area contributed by atoms with Gasteiger partial charge in [0.2, 0.25) is 6.79 Å². The van der Waals surface area contributed by atoms with Crippen LogP contribution in [0.5, 0.6) is 23.0 Å². The third-order valence-corrected chi connectivity index (χ3v) is 6.00. The molecule has 0 saturated heterocycles. The van der Waals surface area contributed by atoms with E-state index in [9.17, 15) is 9.59 Å². The number of ether oxygens (including phenoxy) is 5. The first kappa shape index (κ1) is 22.8. The largest absolute Gasteiger partial charge is 0.493 e. The fraction of sp³-hybridized carbons (Fsp3) is 0.440. The number of carbonyl (C=O) groups is 2. The average molecular weight is 456 g/mol. The van der Waals surface area contributed by atoms with Crippen molar-refractivity contribution in [2.24, 2.45) is 0 Å². The van der Waals surface area contributed by atoms with Crippen LogP contribution < -0.4 is 24.3 Å². The molecule has 4 rings (SSSR count). The molecule has 8 heteroatoms. The average Bonchev–Trinajstić information content (AvgIpc) is 3.28. The maximum Gasteiger partial charge on any atom is 0.302 e. The number of methoxy groups -OCH3 is 1. The Kier molecular flexibility index (Phi) is 6.91. The van der Waals surface area contributed by atoms with E-state index in [1.807, 2.05) is 25.1 Å². The molecule has 3 unspecified atom stereocenters. The minimum atomic E-state index is -0.300. The lowest BCUT2D eigenvalue weighted by Gasteiger charge is -2.36. The smallest absolute Gasteiger partial charge is 0.302 e. The lowest BCUT2D eigenvalue weighted by atomic mass is 9.78. The van der Waals surface area contributed by atoms with Crippen molar-refractivity contribution in [1.29, 1.82) is 0 Å². The molecule has 3 atom stereocenters. The Labute approximate surface area is 193 Å². The van der Waals surface area contributed by atoms with Crippen molar-refractivity contribution in [2.75, 3.05) is 20.5 Å². The second-order valence-electron chi connectivity index (χ2n) is 8.14. The molecule has 0 aromatic heterocycles. The molecule has 0 radical (unpaired) electrons. The van der Waals surface area contributed by atoms with Crippen LogP contribution in [0.2, 0.25) is 0 Å². The van der Waals surface area contributed by atoms with Crippen LogP contribution in [-0.2, 0) is 9.53 Å². The lowest BCUT2D eigenvalue weighted by Crippen LogP contribution is -2.44. The molecule has 1 aliphatic heterocycles. The van der Waals surface area contributed by atoms with Crippen molar-refractivity contribution in [3.05, 3.63) is 47.5 Å². The molecule has 33 heavy (non-hydrogen) atoms. The third-order valence-electron chi connectivity index (χ3n) is 6.00. The molecular weight excluding hydrogens is 426 g/mol. The van der Waals surface area contributed by atoms with Crippen LogP contribution in [0.4, 0.5) is 0 Å². The Morgan fingerprint density at radius 3 is 2.64 bits per heavy atom. The number of hydrogen-bond donors (Lipinski definition) is 1. The van der Waals surface area contributed by atoms with Gasteiger partial charge in [-0.1, -0.05) is 6.07 Å². The maximum absolute atomic E-state index is 13.1. The predicted molar refractivity (Wildman–Crippen MR) is 120 cm³/mol. The molecule has 0 bridgehead atoms. The van der Waals surface area contributed by atoms with Crippen LogP contribution in [0.25, 0.3) is 0 Å². The van der Waals surface area contributed by atoms with Crippen LogP contribution in [0, 0.1) is 0 Å². The summed E-state index contributed by atoms with van der Waals surface area (Å²) >= 11 is 0. The number of fused-ring (bicyclic) bond motifs is 1. The summed E-state index contributed by atoms with van der Waals surface area (Å²) in [5.74, 6) is 1.94. The van der Waals surface area contributed by atoms with Gasteiger partial charge in [0.15, 0.2) is 23.0 Å². The number of nitrogens with one attached hydrogen (secondary N) is 1. The molecule has 1 N–H and O–H groups in total. The molecule has 1 amide bonds. The van der Waals surface area contributed by atoms with E-state index in [-0.39, 0.29) is 36.7 Å². The second-order valence-corrected chi connectivity index (χ2v) is 8.14. The molecule has 1 saturated carbocycles. The zero-order valence-electron chi connectivity index (χ0n) is 19.1. The number of rotatable bonds is 7. The highest BCUT2D eigenvalue weighted by atomic mass is 16.7. The SMILES string of the molecule is CCOc1cc(C2CC(OC(C)=O)CCC2NC(=O)c2ccc3c(c2)OCO3)ccc1OC. The lowest BCUT2D eigenvalue weighted by molar-refractivity contribution is -0.148. The standard InChI is InChI=1S/C25H29NO7/c1-4-30-23-11-16(5-9-21(23)29-3)19-13-18(33-15(2)27)7-8-20(19)26-25(28)17-6-10-22-24(12-17)32-14-31-22/h5-6,9-12,18-20H,4,7-8,13-14H2,1-3H3,(H,26,28). The molecule has 2 aromatic carbocycles. The van der Waals surface area contributed by atoms with E-state index in [4.69, 9.17) is 23.7 Å². The van der Waals surface area contributed by atoms with Crippen molar-refractivity contribution in [3.63, 3.8) is 0 Å². The summed E-state index contributed by atoms with van der Waals surface area (Å²) < 4.78 is 27.4. The molecule has 0 spiro atoms. The van der Waals surface area contributed by atoms with Gasteiger partial charge in [-0.2, -0.15) is 0 Å². The van der Waals surface area contributed by atoms with Gasteiger partial charge in [-0.3, -0.25) is 9.59 Å². The van der Waals surface area contributed by atoms with Crippen molar-refractivity contribution in [1.82, 2.24) is 5.32 Å². The van der Waals surface area contributed by atoms with Crippen molar-refractivity contribution >= 4 is 11.9 Å². The maximum atomic E-state index is 13.1. The first-order valence-electron chi connectivity index (χ1n) is 11.2. The van der Waals surface area contributed by atoms with Gasteiger partial charge in [-0.25, -0.2) is 0 Å². The van der Waals surface area contributed by atoms with Crippen molar-refractivity contribution < 1.29 is 33.3 Å². The Bertz CT molecular complexity index is 1020. The Balaban J connectivity index is 1.58. The van der Waals surface area contributed by atoms with E-state index in [0.29, 0.717) is 54.4 Å². The van der Waals surface area contributed by atoms with Gasteiger partial charge in [0.1, 0.15) is 6.10 Å². The first-order valence-corrected chi connectivity index (χ1v) is 11.2. The number of benzene rings is 2. The van der Waals surface area contributed by atoms with Gasteiger partial charge in [0.05, 0.1) is 13.7 Å². The van der Waals surface area contributed by atoms with Gasteiger partial charge < -0.3 is 29.0 Å². The van der Waals surface area contributed by atoms with Crippen LogP contribution in [0.1, 0.15) is 54.9 Å². The van der Waals surface area contributed by atoms with Crippen molar-refractivity contribution in [3.8, 4) is 23.0 Å². The van der Waals surface area contributed by atoms with E-state index in [2.05, 4.69) is 5.32 Å². The summed E-state index contributed by atoms with van der Waals surface area (Å²) in [5.41, 5.74) is 1.50. The molecule has 2 aromatic rings. The third kappa shape index (κ3) is 5.16. The van der Waals surface area contributed by atoms with Crippen LogP contribution in [-0.4, -0.2) is 44.5 Å². The minimum Gasteiger partial charge on any atom is -0.493 e. The predicted octanol–water partition coefficient (Wildman–Crippen LogP) is 3.82. The second kappa shape index (κ2) is 10.0. The summed E-state index contributed by atoms with van der Waals surface area (Å²) in [5, 5.41) is 3.18. The Hall–Kier alpha value is -3.42. The van der Waals surface area contributed by atoms with Crippen LogP contribution >= 0.6 is 0 Å². The zero-order chi connectivity index (χ0) is 23.4. The fourth-order valence-corrected chi connectivity index (χ4v) is 4.50. The summed E-state index contributed by atoms with van der Waals surface area (Å²) in [6.07, 6.45) is 1.75. The fourth-order valence-electron chi connectivity index (χ4n) is 4.50. The number of esters is 1. The van der Waals surface area contributed by atoms with Crippen molar-refractivity contribution in [2.45, 2.75) is 51.2 Å². The number of carbonyl (C=O) groups excluding carboxylic acids is 2. The van der Waals surface area contributed by atoms with Gasteiger partial charge >= 0.3 is 5.97 Å². The Morgan fingerprint density at radius 1 is 1.06 bits per heavy atom. The van der Waals surface area contributed by atoms with E-state index in [0.717, 1.165) is 5.56 Å². The quantitative estimate of drug-likeness (QED) is 0.635. The molecule has 8 nitrogen and oxygen atoms in total. The van der Waals surface area contributed by atoms with E-state index < -0.39 is 0 Å². The number of amides is 1. The highest BCUT2D eigenvalue weighted by Gasteiger charge is 2.35. The van der Waals surface area contributed by atoms with E-state index >= 15 is 0 Å². The van der Waals surface area contributed by atoms with Gasteiger partial charge in [-0.05, 0) is 62.1 Å². The molecule has 2 aliphatic rings. The molecule has 176 valence electrons. The number of hydrogen-bond acceptors (Lipinski definition) is 7. The normalized spacial score (nSPS) is 21.2. The minimum absolute atomic E-state index is 0.0637. The highest BCUT2D eigenvalue weighted by Crippen LogP contribution is 2.39. The summed E-state index contributed by atoms with van der Waals surface area (Å²) in [7, 11) is 1.60. The zero-order valence-corrected chi connectivity index (χ0v) is 19.1. The molecule has 1 aliphatic carbocycles. The first-order chi connectivity index (χ1) is 16.0. The summed E-state index contributed by atoms with van der Waals surface area (Å²) in [4.78, 5) is 24.6.